The molecule has 1 aliphatic carbocycles. The largest absolute Gasteiger partial charge is 0.337 e. The highest BCUT2D eigenvalue weighted by Crippen LogP contribution is 2.36. The van der Waals surface area contributed by atoms with E-state index in [1.807, 2.05) is 37.3 Å². The molecule has 0 atom stereocenters. The number of carbonyl (C=O) groups excluding carboxylic acids is 1. The van der Waals surface area contributed by atoms with Gasteiger partial charge in [-0.05, 0) is 24.3 Å². The van der Waals surface area contributed by atoms with Crippen molar-refractivity contribution in [1.29, 1.82) is 0 Å². The molecule has 1 aliphatic rings. The van der Waals surface area contributed by atoms with E-state index in [-0.39, 0.29) is 5.91 Å². The molecule has 1 fully saturated rings. The average Bonchev–Trinajstić information content (AvgIpc) is 3.18. The zero-order valence-corrected chi connectivity index (χ0v) is 14.9. The van der Waals surface area contributed by atoms with E-state index in [9.17, 15) is 4.79 Å². The van der Waals surface area contributed by atoms with E-state index < -0.39 is 5.54 Å². The number of nitrogens with one attached hydrogen (secondary N) is 1. The Bertz CT molecular complexity index is 923. The second kappa shape index (κ2) is 6.86. The molecule has 1 aromatic carbocycles. The van der Waals surface area contributed by atoms with Gasteiger partial charge in [0.05, 0.1) is 0 Å². The number of aromatic nitrogens is 3. The van der Waals surface area contributed by atoms with Crippen molar-refractivity contribution in [1.82, 2.24) is 20.4 Å². The summed E-state index contributed by atoms with van der Waals surface area (Å²) in [6.45, 7) is 1.99. The van der Waals surface area contributed by atoms with E-state index in [1.54, 1.807) is 6.20 Å². The molecule has 3 aromatic rings. The van der Waals surface area contributed by atoms with Crippen LogP contribution in [0.3, 0.4) is 0 Å². The predicted octanol–water partition coefficient (Wildman–Crippen LogP) is 3.77. The molecular weight excluding hydrogens is 328 g/mol. The second-order valence-corrected chi connectivity index (χ2v) is 6.85. The van der Waals surface area contributed by atoms with Crippen LogP contribution < -0.4 is 5.32 Å². The van der Waals surface area contributed by atoms with Crippen LogP contribution in [0, 0.1) is 0 Å². The highest BCUT2D eigenvalue weighted by molar-refractivity contribution is 6.05. The molecule has 134 valence electrons. The van der Waals surface area contributed by atoms with Crippen molar-refractivity contribution in [3.63, 3.8) is 0 Å². The normalized spacial score (nSPS) is 16.5. The first-order valence-corrected chi connectivity index (χ1v) is 9.21. The van der Waals surface area contributed by atoms with Crippen LogP contribution >= 0.6 is 0 Å². The topological polar surface area (TPSA) is 80.9 Å². The molecule has 4 rings (SSSR count). The summed E-state index contributed by atoms with van der Waals surface area (Å²) in [6, 6.07) is 9.69. The van der Waals surface area contributed by atoms with Crippen molar-refractivity contribution < 1.29 is 9.32 Å². The van der Waals surface area contributed by atoms with E-state index in [1.165, 1.54) is 0 Å². The Morgan fingerprint density at radius 2 is 2.00 bits per heavy atom. The Morgan fingerprint density at radius 1 is 1.19 bits per heavy atom. The minimum atomic E-state index is -0.603. The third-order valence-electron chi connectivity index (χ3n) is 5.14. The molecule has 1 saturated carbocycles. The van der Waals surface area contributed by atoms with Crippen LogP contribution in [-0.4, -0.2) is 21.0 Å². The van der Waals surface area contributed by atoms with Gasteiger partial charge in [-0.15, -0.1) is 0 Å². The maximum absolute atomic E-state index is 13.1. The highest BCUT2D eigenvalue weighted by atomic mass is 16.5. The molecule has 0 radical (unpaired) electrons. The van der Waals surface area contributed by atoms with Gasteiger partial charge in [-0.25, -0.2) is 0 Å². The number of benzene rings is 1. The molecule has 1 N–H and O–H groups in total. The Hall–Kier alpha value is -2.76. The number of hydrogen-bond acceptors (Lipinski definition) is 5. The van der Waals surface area contributed by atoms with Crippen LogP contribution in [0.25, 0.3) is 10.8 Å². The van der Waals surface area contributed by atoms with E-state index in [2.05, 4.69) is 20.4 Å². The van der Waals surface area contributed by atoms with Crippen LogP contribution in [-0.2, 0) is 12.0 Å². The smallest absolute Gasteiger partial charge is 0.271 e. The summed E-state index contributed by atoms with van der Waals surface area (Å²) in [5.74, 6) is 0.991. The van der Waals surface area contributed by atoms with Gasteiger partial charge < -0.3 is 9.84 Å². The molecule has 2 heterocycles. The lowest BCUT2D eigenvalue weighted by Crippen LogP contribution is -2.47. The first-order valence-electron chi connectivity index (χ1n) is 9.21. The minimum Gasteiger partial charge on any atom is -0.337 e. The number of pyridine rings is 1. The van der Waals surface area contributed by atoms with Crippen LogP contribution in [0.2, 0.25) is 0 Å². The summed E-state index contributed by atoms with van der Waals surface area (Å²) in [4.78, 5) is 22.0. The third kappa shape index (κ3) is 2.96. The van der Waals surface area contributed by atoms with Crippen molar-refractivity contribution in [2.45, 2.75) is 51.0 Å². The zero-order chi connectivity index (χ0) is 18.0. The van der Waals surface area contributed by atoms with Gasteiger partial charge in [-0.2, -0.15) is 4.98 Å². The molecule has 6 heteroatoms. The van der Waals surface area contributed by atoms with Gasteiger partial charge in [0, 0.05) is 18.0 Å². The highest BCUT2D eigenvalue weighted by Gasteiger charge is 2.41. The van der Waals surface area contributed by atoms with Gasteiger partial charge in [-0.3, -0.25) is 9.78 Å². The summed E-state index contributed by atoms with van der Waals surface area (Å²) >= 11 is 0. The molecule has 1 amide bonds. The number of hydrogen-bond donors (Lipinski definition) is 1. The number of carbonyl (C=O) groups is 1. The molecule has 2 aromatic heterocycles. The number of rotatable bonds is 4. The van der Waals surface area contributed by atoms with E-state index >= 15 is 0 Å². The summed E-state index contributed by atoms with van der Waals surface area (Å²) < 4.78 is 5.53. The van der Waals surface area contributed by atoms with Crippen molar-refractivity contribution in [2.24, 2.45) is 0 Å². The fourth-order valence-electron chi connectivity index (χ4n) is 3.72. The average molecular weight is 350 g/mol. The van der Waals surface area contributed by atoms with Crippen molar-refractivity contribution >= 4 is 16.7 Å². The Morgan fingerprint density at radius 3 is 2.77 bits per heavy atom. The Balaban J connectivity index is 1.70. The van der Waals surface area contributed by atoms with Crippen molar-refractivity contribution in [3.8, 4) is 0 Å². The third-order valence-corrected chi connectivity index (χ3v) is 5.14. The Labute approximate surface area is 152 Å². The van der Waals surface area contributed by atoms with E-state index in [0.29, 0.717) is 23.8 Å². The standard InChI is InChI=1S/C20H22N4O2/c1-2-16-22-19(26-24-16)20(11-6-3-7-12-20)23-18(25)17-15-9-5-4-8-14(15)10-13-21-17/h4-5,8-10,13H,2-3,6-7,11-12H2,1H3,(H,23,25). The van der Waals surface area contributed by atoms with Gasteiger partial charge >= 0.3 is 0 Å². The van der Waals surface area contributed by atoms with Crippen molar-refractivity contribution in [2.75, 3.05) is 0 Å². The van der Waals surface area contributed by atoms with Gasteiger partial charge in [0.15, 0.2) is 5.82 Å². The number of nitrogens with zero attached hydrogens (tertiary/aromatic N) is 3. The lowest BCUT2D eigenvalue weighted by Gasteiger charge is -2.34. The number of aryl methyl sites for hydroxylation is 1. The molecule has 0 aliphatic heterocycles. The fourth-order valence-corrected chi connectivity index (χ4v) is 3.72. The summed E-state index contributed by atoms with van der Waals surface area (Å²) in [5, 5.41) is 9.07. The molecule has 0 spiro atoms. The monoisotopic (exact) mass is 350 g/mol. The van der Waals surface area contributed by atoms with Gasteiger partial charge in [0.1, 0.15) is 11.2 Å². The molecule has 0 unspecified atom stereocenters. The number of fused-ring (bicyclic) bond motifs is 1. The van der Waals surface area contributed by atoms with Crippen molar-refractivity contribution in [3.05, 3.63) is 53.9 Å². The summed E-state index contributed by atoms with van der Waals surface area (Å²) in [7, 11) is 0. The molecule has 6 nitrogen and oxygen atoms in total. The van der Waals surface area contributed by atoms with Gasteiger partial charge in [0.25, 0.3) is 11.8 Å². The first kappa shape index (κ1) is 16.7. The van der Waals surface area contributed by atoms with Crippen LogP contribution in [0.4, 0.5) is 0 Å². The van der Waals surface area contributed by atoms with E-state index in [0.717, 1.165) is 42.9 Å². The minimum absolute atomic E-state index is 0.194. The van der Waals surface area contributed by atoms with Gasteiger partial charge in [0.2, 0.25) is 0 Å². The molecule has 0 saturated heterocycles. The maximum atomic E-state index is 13.1. The maximum Gasteiger partial charge on any atom is 0.271 e. The first-order chi connectivity index (χ1) is 12.7. The predicted molar refractivity (Wildman–Crippen MR) is 97.6 cm³/mol. The molecule has 0 bridgehead atoms. The fraction of sp³-hybridized carbons (Fsp3) is 0.400. The SMILES string of the molecule is CCc1noc(C2(NC(=O)c3nccc4ccccc34)CCCCC2)n1. The number of amides is 1. The van der Waals surface area contributed by atoms with Crippen LogP contribution in [0.5, 0.6) is 0 Å². The molecule has 26 heavy (non-hydrogen) atoms. The summed E-state index contributed by atoms with van der Waals surface area (Å²) in [6.07, 6.45) is 7.17. The lowest BCUT2D eigenvalue weighted by molar-refractivity contribution is 0.0821. The van der Waals surface area contributed by atoms with Gasteiger partial charge in [-0.1, -0.05) is 55.6 Å². The molecular formula is C20H22N4O2. The summed E-state index contributed by atoms with van der Waals surface area (Å²) in [5.41, 5.74) is -0.169. The Kier molecular flexibility index (Phi) is 4.41. The quantitative estimate of drug-likeness (QED) is 0.774. The van der Waals surface area contributed by atoms with E-state index in [4.69, 9.17) is 4.52 Å². The van der Waals surface area contributed by atoms with Crippen LogP contribution in [0.15, 0.2) is 41.1 Å². The zero-order valence-electron chi connectivity index (χ0n) is 14.9. The van der Waals surface area contributed by atoms with Crippen LogP contribution in [0.1, 0.15) is 61.2 Å². The second-order valence-electron chi connectivity index (χ2n) is 6.85. The lowest BCUT2D eigenvalue weighted by atomic mass is 9.81.